The number of benzene rings is 1. The number of amides is 2. The highest BCUT2D eigenvalue weighted by Gasteiger charge is 2.30. The molecule has 0 saturated heterocycles. The van der Waals surface area contributed by atoms with Gasteiger partial charge in [-0.3, -0.25) is 5.32 Å². The number of rotatable bonds is 1. The van der Waals surface area contributed by atoms with Crippen molar-refractivity contribution in [3.8, 4) is 0 Å². The summed E-state index contributed by atoms with van der Waals surface area (Å²) in [5.41, 5.74) is 9.09. The second-order valence-corrected chi connectivity index (χ2v) is 3.03. The van der Waals surface area contributed by atoms with E-state index in [1.165, 1.54) is 12.1 Å². The molecule has 5 N–H and O–H groups in total. The molecule has 0 aliphatic rings. The Hall–Kier alpha value is -2.25. The van der Waals surface area contributed by atoms with Crippen LogP contribution in [0.1, 0.15) is 5.56 Å². The zero-order valence-corrected chi connectivity index (χ0v) is 8.45. The minimum atomic E-state index is -4.46. The molecule has 0 heterocycles. The van der Waals surface area contributed by atoms with E-state index in [1.807, 2.05) is 5.32 Å². The quantitative estimate of drug-likeness (QED) is 0.515. The van der Waals surface area contributed by atoms with E-state index in [0.717, 1.165) is 12.1 Å². The molecular formula is C9H9F3N4O. The van der Waals surface area contributed by atoms with Gasteiger partial charge in [-0.2, -0.15) is 13.2 Å². The molecule has 8 heteroatoms. The van der Waals surface area contributed by atoms with E-state index in [1.54, 1.807) is 0 Å². The van der Waals surface area contributed by atoms with E-state index in [9.17, 15) is 18.0 Å². The molecule has 0 bridgehead atoms. The van der Waals surface area contributed by atoms with Crippen molar-refractivity contribution in [3.05, 3.63) is 29.8 Å². The van der Waals surface area contributed by atoms with E-state index in [-0.39, 0.29) is 11.6 Å². The number of alkyl halides is 3. The highest BCUT2D eigenvalue weighted by atomic mass is 19.4. The maximum absolute atomic E-state index is 12.3. The third-order valence-corrected chi connectivity index (χ3v) is 1.67. The lowest BCUT2D eigenvalue weighted by Gasteiger charge is -2.07. The minimum absolute atomic E-state index is 0.0360. The van der Waals surface area contributed by atoms with Crippen LogP contribution in [0.25, 0.3) is 0 Å². The number of aliphatic imine (C=N–C) groups is 1. The summed E-state index contributed by atoms with van der Waals surface area (Å²) in [4.78, 5) is 14.0. The summed E-state index contributed by atoms with van der Waals surface area (Å²) in [5, 5.41) is 1.93. The van der Waals surface area contributed by atoms with Gasteiger partial charge < -0.3 is 11.5 Å². The SMILES string of the molecule is NC(=O)NC(N)=Nc1cccc(C(F)(F)F)c1. The summed E-state index contributed by atoms with van der Waals surface area (Å²) in [6, 6.07) is 3.24. The fraction of sp³-hybridized carbons (Fsp3) is 0.111. The number of nitrogens with two attached hydrogens (primary N) is 2. The van der Waals surface area contributed by atoms with Gasteiger partial charge in [0, 0.05) is 0 Å². The Bertz CT molecular complexity index is 456. The maximum Gasteiger partial charge on any atom is 0.416 e. The molecule has 1 rings (SSSR count). The Morgan fingerprint density at radius 2 is 1.94 bits per heavy atom. The van der Waals surface area contributed by atoms with Crippen LogP contribution in [-0.4, -0.2) is 12.0 Å². The van der Waals surface area contributed by atoms with Crippen LogP contribution < -0.4 is 16.8 Å². The van der Waals surface area contributed by atoms with Gasteiger partial charge in [0.1, 0.15) is 0 Å². The first-order chi connectivity index (χ1) is 7.79. The fourth-order valence-electron chi connectivity index (χ4n) is 1.05. The van der Waals surface area contributed by atoms with Gasteiger partial charge in [0.2, 0.25) is 5.96 Å². The Labute approximate surface area is 94.3 Å². The number of guanidine groups is 1. The summed E-state index contributed by atoms with van der Waals surface area (Å²) in [5.74, 6) is -0.378. The molecule has 0 unspecified atom stereocenters. The van der Waals surface area contributed by atoms with Crippen molar-refractivity contribution in [2.45, 2.75) is 6.18 Å². The van der Waals surface area contributed by atoms with Crippen molar-refractivity contribution in [2.75, 3.05) is 0 Å². The van der Waals surface area contributed by atoms with Crippen LogP contribution in [0.4, 0.5) is 23.7 Å². The summed E-state index contributed by atoms with van der Waals surface area (Å²) in [7, 11) is 0. The average Bonchev–Trinajstić information content (AvgIpc) is 2.15. The first-order valence-corrected chi connectivity index (χ1v) is 4.37. The molecule has 0 saturated carbocycles. The van der Waals surface area contributed by atoms with E-state index in [0.29, 0.717) is 0 Å². The number of nitrogens with zero attached hydrogens (tertiary/aromatic N) is 1. The number of urea groups is 1. The highest BCUT2D eigenvalue weighted by molar-refractivity contribution is 5.95. The fourth-order valence-corrected chi connectivity index (χ4v) is 1.05. The Morgan fingerprint density at radius 1 is 1.29 bits per heavy atom. The minimum Gasteiger partial charge on any atom is -0.369 e. The Kier molecular flexibility index (Phi) is 3.56. The number of hydrogen-bond donors (Lipinski definition) is 3. The molecule has 17 heavy (non-hydrogen) atoms. The topological polar surface area (TPSA) is 93.5 Å². The van der Waals surface area contributed by atoms with Crippen molar-refractivity contribution in [1.29, 1.82) is 0 Å². The van der Waals surface area contributed by atoms with Crippen molar-refractivity contribution in [3.63, 3.8) is 0 Å². The van der Waals surface area contributed by atoms with Crippen LogP contribution >= 0.6 is 0 Å². The van der Waals surface area contributed by atoms with Crippen molar-refractivity contribution >= 4 is 17.7 Å². The van der Waals surface area contributed by atoms with E-state index in [4.69, 9.17) is 11.5 Å². The van der Waals surface area contributed by atoms with Crippen molar-refractivity contribution in [2.24, 2.45) is 16.5 Å². The zero-order valence-electron chi connectivity index (χ0n) is 8.45. The summed E-state index contributed by atoms with van der Waals surface area (Å²) < 4.78 is 37.0. The Balaban J connectivity index is 2.97. The largest absolute Gasteiger partial charge is 0.416 e. The number of carbonyl (C=O) groups excluding carboxylic acids is 1. The molecule has 92 valence electrons. The standard InChI is InChI=1S/C9H9F3N4O/c10-9(11,12)5-2-1-3-6(4-5)15-7(13)16-8(14)17/h1-4H,(H5,13,14,15,16,17). The van der Waals surface area contributed by atoms with Gasteiger partial charge in [-0.25, -0.2) is 9.79 Å². The first-order valence-electron chi connectivity index (χ1n) is 4.37. The molecule has 0 spiro atoms. The van der Waals surface area contributed by atoms with Gasteiger partial charge >= 0.3 is 12.2 Å². The summed E-state index contributed by atoms with van der Waals surface area (Å²) >= 11 is 0. The molecule has 0 atom stereocenters. The summed E-state index contributed by atoms with van der Waals surface area (Å²) in [6.45, 7) is 0. The number of primary amides is 1. The molecule has 0 fully saturated rings. The molecule has 2 amide bonds. The van der Waals surface area contributed by atoms with E-state index >= 15 is 0 Å². The second-order valence-electron chi connectivity index (χ2n) is 3.03. The number of carbonyl (C=O) groups is 1. The third-order valence-electron chi connectivity index (χ3n) is 1.67. The average molecular weight is 246 g/mol. The molecule has 0 radical (unpaired) electrons. The molecule has 0 aliphatic heterocycles. The number of hydrogen-bond acceptors (Lipinski definition) is 2. The second kappa shape index (κ2) is 4.73. The van der Waals surface area contributed by atoms with Crippen LogP contribution in [0, 0.1) is 0 Å². The van der Waals surface area contributed by atoms with Gasteiger partial charge in [-0.15, -0.1) is 0 Å². The molecule has 1 aromatic carbocycles. The van der Waals surface area contributed by atoms with Gasteiger partial charge in [0.15, 0.2) is 0 Å². The van der Waals surface area contributed by atoms with Crippen molar-refractivity contribution < 1.29 is 18.0 Å². The third kappa shape index (κ3) is 4.01. The highest BCUT2D eigenvalue weighted by Crippen LogP contribution is 2.31. The zero-order chi connectivity index (χ0) is 13.1. The smallest absolute Gasteiger partial charge is 0.369 e. The van der Waals surface area contributed by atoms with E-state index < -0.39 is 17.8 Å². The maximum atomic E-state index is 12.3. The van der Waals surface area contributed by atoms with Gasteiger partial charge in [-0.1, -0.05) is 6.07 Å². The van der Waals surface area contributed by atoms with Gasteiger partial charge in [0.05, 0.1) is 11.3 Å². The molecule has 0 aromatic heterocycles. The normalized spacial score (nSPS) is 12.3. The van der Waals surface area contributed by atoms with Crippen LogP contribution in [0.5, 0.6) is 0 Å². The first kappa shape index (κ1) is 12.8. The van der Waals surface area contributed by atoms with Crippen LogP contribution in [0.2, 0.25) is 0 Å². The lowest BCUT2D eigenvalue weighted by Crippen LogP contribution is -2.39. The Morgan fingerprint density at radius 3 is 2.47 bits per heavy atom. The summed E-state index contributed by atoms with van der Waals surface area (Å²) in [6.07, 6.45) is -4.46. The predicted octanol–water partition coefficient (Wildman–Crippen LogP) is 1.32. The lowest BCUT2D eigenvalue weighted by atomic mass is 10.2. The van der Waals surface area contributed by atoms with E-state index in [2.05, 4.69) is 4.99 Å². The van der Waals surface area contributed by atoms with Crippen LogP contribution in [-0.2, 0) is 6.18 Å². The van der Waals surface area contributed by atoms with Gasteiger partial charge in [0.25, 0.3) is 0 Å². The number of halogens is 3. The molecule has 0 aliphatic carbocycles. The van der Waals surface area contributed by atoms with Gasteiger partial charge in [-0.05, 0) is 18.2 Å². The van der Waals surface area contributed by atoms with Crippen LogP contribution in [0.3, 0.4) is 0 Å². The molecule has 1 aromatic rings. The number of nitrogens with one attached hydrogen (secondary N) is 1. The molecule has 5 nitrogen and oxygen atoms in total. The van der Waals surface area contributed by atoms with Crippen LogP contribution in [0.15, 0.2) is 29.3 Å². The van der Waals surface area contributed by atoms with Crippen molar-refractivity contribution in [1.82, 2.24) is 5.32 Å². The molecular weight excluding hydrogens is 237 g/mol. The monoisotopic (exact) mass is 246 g/mol. The predicted molar refractivity (Wildman–Crippen MR) is 55.4 cm³/mol. The lowest BCUT2D eigenvalue weighted by molar-refractivity contribution is -0.137.